The van der Waals surface area contributed by atoms with E-state index in [4.69, 9.17) is 40.1 Å². The molecule has 10 amide bonds. The number of rotatable bonds is 38. The summed E-state index contributed by atoms with van der Waals surface area (Å²) in [7, 11) is 0. The third-order valence-corrected chi connectivity index (χ3v) is 13.9. The highest BCUT2D eigenvalue weighted by Crippen LogP contribution is 2.21. The number of aromatic amines is 2. The van der Waals surface area contributed by atoms with Gasteiger partial charge in [-0.25, -0.2) is 0 Å². The number of aliphatic hydroxyl groups excluding tert-OH is 1. The molecule has 4 rings (SSSR count). The highest BCUT2D eigenvalue weighted by Gasteiger charge is 2.35. The van der Waals surface area contributed by atoms with Crippen LogP contribution in [0.5, 0.6) is 0 Å². The molecule has 9 atom stereocenters. The fourth-order valence-corrected chi connectivity index (χ4v) is 9.27. The first-order valence-electron chi connectivity index (χ1n) is 28.4. The molecule has 85 heavy (non-hydrogen) atoms. The van der Waals surface area contributed by atoms with E-state index in [9.17, 15) is 53.1 Å². The van der Waals surface area contributed by atoms with Crippen LogP contribution in [0.15, 0.2) is 65.9 Å². The molecule has 0 saturated heterocycles. The molecule has 0 bridgehead atoms. The molecule has 2 heterocycles. The third kappa shape index (κ3) is 22.4. The lowest BCUT2D eigenvalue weighted by Gasteiger charge is -2.27. The second-order valence-corrected chi connectivity index (χ2v) is 21.3. The Hall–Kier alpha value is -8.67. The maximum absolute atomic E-state index is 14.6. The first kappa shape index (κ1) is 68.8. The molecule has 2 aromatic heterocycles. The van der Waals surface area contributed by atoms with Crippen molar-refractivity contribution in [3.05, 3.63) is 72.1 Å². The van der Waals surface area contributed by atoms with E-state index in [1.54, 1.807) is 56.6 Å². The maximum atomic E-state index is 14.6. The van der Waals surface area contributed by atoms with E-state index in [-0.39, 0.29) is 76.3 Å². The second-order valence-electron chi connectivity index (χ2n) is 21.3. The summed E-state index contributed by atoms with van der Waals surface area (Å²) in [6.07, 6.45) is 4.75. The number of nitrogens with zero attached hydrogens (tertiary/aromatic N) is 1. The number of unbranched alkanes of at least 4 members (excludes halogenated alkanes) is 2. The lowest BCUT2D eigenvalue weighted by atomic mass is 10.0. The fraction of sp³-hybridized carbons (Fsp3) is 0.518. The fourth-order valence-electron chi connectivity index (χ4n) is 9.27. The SMILES string of the molecule is CC(C)CC(NC(=O)C(C)NC(=O)C(Cc1c[nH]c2ccccc12)NC(=O)C(CCCCN)NC(=O)C(CC(N)=O)NC(=O)C(Cc1c[nH]c2ccccc12)NC(=O)C(N)CCCCN)C(=O)NC(CO)C(=O)NC(CCCN=C(N)N)C(N)=O. The van der Waals surface area contributed by atoms with Gasteiger partial charge in [-0.05, 0) is 101 Å². The number of aromatic nitrogens is 2. The van der Waals surface area contributed by atoms with Crippen LogP contribution in [0.4, 0.5) is 0 Å². The van der Waals surface area contributed by atoms with E-state index >= 15 is 0 Å². The largest absolute Gasteiger partial charge is 0.394 e. The summed E-state index contributed by atoms with van der Waals surface area (Å²) in [6, 6.07) is 2.08. The van der Waals surface area contributed by atoms with Crippen LogP contribution in [0.2, 0.25) is 0 Å². The zero-order valence-corrected chi connectivity index (χ0v) is 48.4. The van der Waals surface area contributed by atoms with Crippen molar-refractivity contribution >= 4 is 86.8 Å². The molecule has 2 aromatic carbocycles. The molecular formula is C56H86N18O11. The zero-order valence-electron chi connectivity index (χ0n) is 48.4. The standard InChI is InChI=1S/C56H86N18O11/c1-30(2)23-41(52(82)74-45(29-75)55(85)68-39(47(61)77)19-12-22-64-56(62)63)70-48(78)31(3)67-51(81)42(24-32-27-65-37-16-6-4-13-34(32)37)72-50(80)40(18-9-11-21-58)69-54(84)44(26-46(60)76)73-53(83)43(71-49(79)36(59)15-8-10-20-57)25-33-28-66-38-17-7-5-14-35(33)38/h4-7,13-14,16-17,27-28,30-31,36,39-45,65-66,75H,8-12,15,18-26,29,57-59H2,1-3H3,(H2,60,76)(H2,61,77)(H,67,81)(H,68,85)(H,69,84)(H,70,78)(H,71,79)(H,72,80)(H,73,83)(H,74,82)(H4,62,63,64). The number of fused-ring (bicyclic) bond motifs is 2. The van der Waals surface area contributed by atoms with Crippen LogP contribution in [0.25, 0.3) is 21.8 Å². The Labute approximate surface area is 492 Å². The summed E-state index contributed by atoms with van der Waals surface area (Å²) < 4.78 is 0. The van der Waals surface area contributed by atoms with Gasteiger partial charge in [0, 0.05) is 53.6 Å². The molecule has 29 heteroatoms. The number of hydrogen-bond acceptors (Lipinski definition) is 15. The van der Waals surface area contributed by atoms with Gasteiger partial charge >= 0.3 is 0 Å². The smallest absolute Gasteiger partial charge is 0.245 e. The molecule has 0 spiro atoms. The normalized spacial score (nSPS) is 14.4. The van der Waals surface area contributed by atoms with Crippen molar-refractivity contribution in [2.45, 2.75) is 152 Å². The Morgan fingerprint density at radius 1 is 0.506 bits per heavy atom. The first-order valence-corrected chi connectivity index (χ1v) is 28.4. The van der Waals surface area contributed by atoms with Gasteiger partial charge in [-0.1, -0.05) is 56.7 Å². The molecule has 0 aliphatic carbocycles. The van der Waals surface area contributed by atoms with Crippen LogP contribution in [0, 0.1) is 5.92 Å². The van der Waals surface area contributed by atoms with Gasteiger partial charge in [-0.3, -0.25) is 52.9 Å². The van der Waals surface area contributed by atoms with Crippen molar-refractivity contribution in [1.29, 1.82) is 0 Å². The number of guanidine groups is 1. The van der Waals surface area contributed by atoms with E-state index in [1.807, 2.05) is 18.2 Å². The van der Waals surface area contributed by atoms with Gasteiger partial charge in [0.2, 0.25) is 59.1 Å². The molecule has 0 aliphatic rings. The quantitative estimate of drug-likeness (QED) is 0.0117. The van der Waals surface area contributed by atoms with Crippen LogP contribution in [0.3, 0.4) is 0 Å². The molecule has 466 valence electrons. The number of hydrogen-bond donors (Lipinski definition) is 18. The van der Waals surface area contributed by atoms with Crippen molar-refractivity contribution in [1.82, 2.24) is 52.5 Å². The number of H-pyrrole nitrogens is 2. The van der Waals surface area contributed by atoms with Gasteiger partial charge in [0.25, 0.3) is 0 Å². The molecule has 0 saturated carbocycles. The predicted molar refractivity (Wildman–Crippen MR) is 318 cm³/mol. The van der Waals surface area contributed by atoms with E-state index in [1.165, 1.54) is 6.92 Å². The average molecular weight is 1190 g/mol. The Morgan fingerprint density at radius 3 is 1.47 bits per heavy atom. The minimum atomic E-state index is -1.68. The van der Waals surface area contributed by atoms with Crippen LogP contribution < -0.4 is 82.7 Å². The highest BCUT2D eigenvalue weighted by atomic mass is 16.3. The summed E-state index contributed by atoms with van der Waals surface area (Å²) in [4.78, 5) is 147. The maximum Gasteiger partial charge on any atom is 0.245 e. The number of nitrogens with one attached hydrogen (secondary N) is 10. The molecule has 29 nitrogen and oxygen atoms in total. The summed E-state index contributed by atoms with van der Waals surface area (Å²) in [5.74, 6) is -9.21. The molecule has 25 N–H and O–H groups in total. The number of carbonyl (C=O) groups excluding carboxylic acids is 10. The van der Waals surface area contributed by atoms with Crippen molar-refractivity contribution in [3.8, 4) is 0 Å². The van der Waals surface area contributed by atoms with Gasteiger partial charge in [0.1, 0.15) is 48.3 Å². The van der Waals surface area contributed by atoms with Crippen LogP contribution >= 0.6 is 0 Å². The topological polar surface area (TPSA) is 513 Å². The predicted octanol–water partition coefficient (Wildman–Crippen LogP) is -3.63. The van der Waals surface area contributed by atoms with Crippen molar-refractivity contribution in [3.63, 3.8) is 0 Å². The van der Waals surface area contributed by atoms with E-state index in [0.717, 1.165) is 10.9 Å². The Kier molecular flexibility index (Phi) is 28.2. The number of carbonyl (C=O) groups is 10. The van der Waals surface area contributed by atoms with Gasteiger partial charge < -0.3 is 97.7 Å². The molecule has 0 aliphatic heterocycles. The number of primary amides is 2. The minimum Gasteiger partial charge on any atom is -0.394 e. The summed E-state index contributed by atoms with van der Waals surface area (Å²) in [5.41, 5.74) is 42.2. The summed E-state index contributed by atoms with van der Waals surface area (Å²) >= 11 is 0. The van der Waals surface area contributed by atoms with Crippen molar-refractivity contribution in [2.24, 2.45) is 51.0 Å². The van der Waals surface area contributed by atoms with Crippen LogP contribution in [-0.4, -0.2) is 161 Å². The Bertz CT molecular complexity index is 2940. The van der Waals surface area contributed by atoms with Crippen LogP contribution in [-0.2, 0) is 60.8 Å². The number of para-hydroxylation sites is 2. The first-order chi connectivity index (χ1) is 40.5. The van der Waals surface area contributed by atoms with E-state index < -0.39 is 126 Å². The number of benzene rings is 2. The van der Waals surface area contributed by atoms with Gasteiger partial charge in [-0.2, -0.15) is 0 Å². The lowest BCUT2D eigenvalue weighted by molar-refractivity contribution is -0.136. The van der Waals surface area contributed by atoms with Crippen LogP contribution in [0.1, 0.15) is 96.1 Å². The summed E-state index contributed by atoms with van der Waals surface area (Å²) in [6.45, 7) is 4.70. The van der Waals surface area contributed by atoms with Gasteiger partial charge in [0.05, 0.1) is 19.1 Å². The number of nitrogens with two attached hydrogens (primary N) is 7. The van der Waals surface area contributed by atoms with E-state index in [0.29, 0.717) is 47.8 Å². The lowest BCUT2D eigenvalue weighted by Crippen LogP contribution is -2.61. The second kappa shape index (κ2) is 34.8. The number of aliphatic hydroxyl groups is 1. The van der Waals surface area contributed by atoms with Gasteiger partial charge in [0.15, 0.2) is 5.96 Å². The Morgan fingerprint density at radius 2 is 0.941 bits per heavy atom. The molecule has 9 unspecified atom stereocenters. The van der Waals surface area contributed by atoms with Crippen molar-refractivity contribution in [2.75, 3.05) is 26.2 Å². The Balaban J connectivity index is 1.57. The number of amides is 10. The average Bonchev–Trinajstić information content (AvgIpc) is 3.99. The highest BCUT2D eigenvalue weighted by molar-refractivity contribution is 6.00. The third-order valence-electron chi connectivity index (χ3n) is 13.9. The minimum absolute atomic E-state index is 0.0278. The van der Waals surface area contributed by atoms with Crippen molar-refractivity contribution < 1.29 is 53.1 Å². The number of aliphatic imine (C=N–C) groups is 1. The molecule has 4 aromatic rings. The van der Waals surface area contributed by atoms with Gasteiger partial charge in [-0.15, -0.1) is 0 Å². The zero-order chi connectivity index (χ0) is 62.8. The van der Waals surface area contributed by atoms with E-state index in [2.05, 4.69) is 57.5 Å². The summed E-state index contributed by atoms with van der Waals surface area (Å²) in [5, 5.41) is 32.2. The molecule has 0 fully saturated rings. The molecular weight excluding hydrogens is 1100 g/mol. The molecule has 0 radical (unpaired) electrons. The monoisotopic (exact) mass is 1190 g/mol.